The number of aliphatic hydroxyl groups excluding tert-OH is 12. The molecule has 3 saturated carbocycles. The SMILES string of the molecule is C[C@H]1O[C@@H](O[C@H]2CC[C@@]3(C)[C@@H](CC[C@]4(C)[C@@H]3C=CC3=C5CC(C)(C)CC[C@]5(CO)[C@@H](O)C[C@]34C)[C@]2(C)CO)[C@H](O)[C@@H](O[C@@H]2O[C@H](CO)[C@@H](O)[C@H](O)[C@H]2O[C@@H]2O[C@H](CO)[C@@H](O)[C@H](O)[C@H]2O)[C@H]1O. The molecule has 3 aliphatic heterocycles. The predicted molar refractivity (Wildman–Crippen MR) is 231 cm³/mol. The summed E-state index contributed by atoms with van der Waals surface area (Å²) in [6.45, 7) is 13.2. The minimum atomic E-state index is -1.90. The summed E-state index contributed by atoms with van der Waals surface area (Å²) in [6.07, 6.45) is -15.3. The molecule has 3 saturated heterocycles. The lowest BCUT2D eigenvalue weighted by atomic mass is 9.35. The summed E-state index contributed by atoms with van der Waals surface area (Å²) in [5, 5.41) is 131. The molecule has 8 rings (SSSR count). The summed E-state index contributed by atoms with van der Waals surface area (Å²) in [4.78, 5) is 0. The summed E-state index contributed by atoms with van der Waals surface area (Å²) in [5.41, 5.74) is 0.0755. The molecule has 0 aromatic rings. The Morgan fingerprint density at radius 1 is 0.621 bits per heavy atom. The third kappa shape index (κ3) is 7.75. The molecule has 6 fully saturated rings. The zero-order chi connectivity index (χ0) is 48.3. The lowest BCUT2D eigenvalue weighted by molar-refractivity contribution is -0.391. The Morgan fingerprint density at radius 3 is 1.88 bits per heavy atom. The lowest BCUT2D eigenvalue weighted by Crippen LogP contribution is -2.67. The Labute approximate surface area is 387 Å². The van der Waals surface area contributed by atoms with Crippen LogP contribution in [-0.4, -0.2) is 192 Å². The third-order valence-electron chi connectivity index (χ3n) is 19.0. The number of rotatable bonds is 10. The maximum Gasteiger partial charge on any atom is 0.187 e. The van der Waals surface area contributed by atoms with Crippen molar-refractivity contribution in [3.8, 4) is 0 Å². The molecular formula is C48H78O18. The van der Waals surface area contributed by atoms with Gasteiger partial charge in [0, 0.05) is 16.2 Å². The zero-order valence-corrected chi connectivity index (χ0v) is 39.4. The van der Waals surface area contributed by atoms with Gasteiger partial charge >= 0.3 is 0 Å². The molecule has 378 valence electrons. The Bertz CT molecular complexity index is 1810. The molecule has 66 heavy (non-hydrogen) atoms. The van der Waals surface area contributed by atoms with E-state index in [1.165, 1.54) is 11.1 Å². The average Bonchev–Trinajstić information content (AvgIpc) is 3.27. The van der Waals surface area contributed by atoms with E-state index in [9.17, 15) is 61.3 Å². The Kier molecular flexibility index (Phi) is 14.0. The van der Waals surface area contributed by atoms with Gasteiger partial charge in [-0.2, -0.15) is 0 Å². The van der Waals surface area contributed by atoms with Gasteiger partial charge in [0.2, 0.25) is 0 Å². The minimum absolute atomic E-state index is 0.0417. The van der Waals surface area contributed by atoms with Crippen LogP contribution < -0.4 is 0 Å². The molecule has 0 radical (unpaired) electrons. The minimum Gasteiger partial charge on any atom is -0.396 e. The van der Waals surface area contributed by atoms with Crippen molar-refractivity contribution in [2.24, 2.45) is 44.3 Å². The second-order valence-corrected chi connectivity index (χ2v) is 23.1. The highest BCUT2D eigenvalue weighted by molar-refractivity contribution is 5.47. The van der Waals surface area contributed by atoms with Crippen molar-refractivity contribution in [3.63, 3.8) is 0 Å². The first kappa shape index (κ1) is 51.1. The number of hydrogen-bond donors (Lipinski definition) is 12. The second-order valence-electron chi connectivity index (χ2n) is 23.1. The van der Waals surface area contributed by atoms with Gasteiger partial charge in [-0.05, 0) is 91.9 Å². The van der Waals surface area contributed by atoms with Crippen LogP contribution in [0.25, 0.3) is 0 Å². The van der Waals surface area contributed by atoms with E-state index in [1.54, 1.807) is 6.92 Å². The smallest absolute Gasteiger partial charge is 0.187 e. The number of aliphatic hydroxyl groups is 12. The highest BCUT2D eigenvalue weighted by atomic mass is 16.8. The molecule has 24 atom stereocenters. The van der Waals surface area contributed by atoms with Crippen LogP contribution in [0.4, 0.5) is 0 Å². The molecule has 8 aliphatic rings. The Morgan fingerprint density at radius 2 is 1.24 bits per heavy atom. The van der Waals surface area contributed by atoms with Crippen molar-refractivity contribution in [1.29, 1.82) is 0 Å². The van der Waals surface area contributed by atoms with E-state index in [2.05, 4.69) is 46.8 Å². The fraction of sp³-hybridized carbons (Fsp3) is 0.917. The van der Waals surface area contributed by atoms with Crippen LogP contribution in [0.2, 0.25) is 0 Å². The molecule has 18 heteroatoms. The summed E-state index contributed by atoms with van der Waals surface area (Å²) < 4.78 is 36.1. The van der Waals surface area contributed by atoms with Crippen molar-refractivity contribution in [3.05, 3.63) is 23.3 Å². The maximum absolute atomic E-state index is 12.1. The lowest BCUT2D eigenvalue weighted by Gasteiger charge is -2.70. The van der Waals surface area contributed by atoms with E-state index >= 15 is 0 Å². The summed E-state index contributed by atoms with van der Waals surface area (Å²) in [5.74, 6) is 0.0214. The van der Waals surface area contributed by atoms with Gasteiger partial charge in [-0.25, -0.2) is 0 Å². The van der Waals surface area contributed by atoms with Crippen LogP contribution in [0.15, 0.2) is 23.3 Å². The van der Waals surface area contributed by atoms with Crippen LogP contribution in [0.5, 0.6) is 0 Å². The number of hydrogen-bond acceptors (Lipinski definition) is 18. The fourth-order valence-corrected chi connectivity index (χ4v) is 14.5. The molecule has 5 aliphatic carbocycles. The Hall–Kier alpha value is -1.24. The summed E-state index contributed by atoms with van der Waals surface area (Å²) >= 11 is 0. The second kappa shape index (κ2) is 18.1. The number of allylic oxidation sites excluding steroid dienone is 3. The van der Waals surface area contributed by atoms with Crippen molar-refractivity contribution >= 4 is 0 Å². The highest BCUT2D eigenvalue weighted by Gasteiger charge is 2.69. The molecule has 0 aromatic heterocycles. The van der Waals surface area contributed by atoms with Gasteiger partial charge in [-0.15, -0.1) is 0 Å². The van der Waals surface area contributed by atoms with Crippen molar-refractivity contribution in [1.82, 2.24) is 0 Å². The average molecular weight is 943 g/mol. The van der Waals surface area contributed by atoms with Gasteiger partial charge in [0.25, 0.3) is 0 Å². The van der Waals surface area contributed by atoms with Crippen molar-refractivity contribution in [2.75, 3.05) is 26.4 Å². The first-order valence-electron chi connectivity index (χ1n) is 24.1. The van der Waals surface area contributed by atoms with Gasteiger partial charge < -0.3 is 89.7 Å². The summed E-state index contributed by atoms with van der Waals surface area (Å²) in [7, 11) is 0. The van der Waals surface area contributed by atoms with E-state index in [-0.39, 0.29) is 46.7 Å². The van der Waals surface area contributed by atoms with Gasteiger partial charge in [0.1, 0.15) is 67.1 Å². The molecule has 0 aromatic carbocycles. The predicted octanol–water partition coefficient (Wildman–Crippen LogP) is -0.495. The van der Waals surface area contributed by atoms with Gasteiger partial charge in [-0.3, -0.25) is 0 Å². The van der Waals surface area contributed by atoms with E-state index in [4.69, 9.17) is 28.4 Å². The van der Waals surface area contributed by atoms with Crippen LogP contribution in [0.1, 0.15) is 99.8 Å². The van der Waals surface area contributed by atoms with Crippen LogP contribution in [0, 0.1) is 44.3 Å². The van der Waals surface area contributed by atoms with Crippen LogP contribution >= 0.6 is 0 Å². The van der Waals surface area contributed by atoms with E-state index in [0.717, 1.165) is 32.1 Å². The number of fused-ring (bicyclic) bond motifs is 6. The van der Waals surface area contributed by atoms with Crippen LogP contribution in [-0.2, 0) is 28.4 Å². The molecular weight excluding hydrogens is 865 g/mol. The fourth-order valence-electron chi connectivity index (χ4n) is 14.5. The summed E-state index contributed by atoms with van der Waals surface area (Å²) in [6, 6.07) is 0. The first-order chi connectivity index (χ1) is 30.9. The zero-order valence-electron chi connectivity index (χ0n) is 39.4. The van der Waals surface area contributed by atoms with Gasteiger partial charge in [0.05, 0.1) is 44.7 Å². The molecule has 0 amide bonds. The van der Waals surface area contributed by atoms with Crippen molar-refractivity contribution < 1.29 is 89.7 Å². The standard InChI is InChI=1S/C48H78O18/c1-22-31(54)38(65-42-39(35(58)33(56)26(19-50)63-42)66-40-36(59)34(57)32(55)25(18-49)62-40)37(60)41(61-22)64-30-11-12-44(4)27(45(30,5)20-51)10-13-46(6)28(44)9-8-23-24-16-43(2,3)14-15-48(24,21-52)29(53)17-47(23,46)7/h8-9,22,25-42,49-60H,10-21H2,1-7H3/t22-,25-,26-,27-,28-,29+,30+,31+,32-,33-,34+,35+,36-,37-,38+,39-,40+,41+,42+,44+,45+,46-,47-,48-/m1/s1. The monoisotopic (exact) mass is 943 g/mol. The van der Waals surface area contributed by atoms with Crippen molar-refractivity contribution in [2.45, 2.75) is 204 Å². The molecule has 0 bridgehead atoms. The normalized spacial score (nSPS) is 54.8. The van der Waals surface area contributed by atoms with E-state index in [1.807, 2.05) is 6.92 Å². The topological polar surface area (TPSA) is 298 Å². The van der Waals surface area contributed by atoms with Crippen LogP contribution in [0.3, 0.4) is 0 Å². The quantitative estimate of drug-likeness (QED) is 0.123. The molecule has 12 N–H and O–H groups in total. The maximum atomic E-state index is 12.1. The van der Waals surface area contributed by atoms with Gasteiger partial charge in [0.15, 0.2) is 18.9 Å². The van der Waals surface area contributed by atoms with E-state index < -0.39 is 128 Å². The third-order valence-corrected chi connectivity index (χ3v) is 19.0. The first-order valence-corrected chi connectivity index (χ1v) is 24.1. The number of ether oxygens (including phenoxy) is 6. The van der Waals surface area contributed by atoms with Gasteiger partial charge in [-0.1, -0.05) is 59.3 Å². The largest absolute Gasteiger partial charge is 0.396 e. The molecule has 0 spiro atoms. The Balaban J connectivity index is 1.04. The highest BCUT2D eigenvalue weighted by Crippen LogP contribution is 2.74. The molecule has 3 heterocycles. The van der Waals surface area contributed by atoms with E-state index in [0.29, 0.717) is 19.3 Å². The molecule has 0 unspecified atom stereocenters. The molecule has 18 nitrogen and oxygen atoms in total.